The molecule has 2 atom stereocenters. The van der Waals surface area contributed by atoms with E-state index in [0.29, 0.717) is 13.1 Å². The summed E-state index contributed by atoms with van der Waals surface area (Å²) in [5.41, 5.74) is 0. The Morgan fingerprint density at radius 1 is 0.531 bits per heavy atom. The Morgan fingerprint density at radius 3 is 1.03 bits per heavy atom. The average Bonchev–Trinajstić information content (AvgIpc) is 2.71. The Morgan fingerprint density at radius 2 is 0.781 bits per heavy atom. The van der Waals surface area contributed by atoms with Gasteiger partial charge in [0, 0.05) is 0 Å². The monoisotopic (exact) mass is 458 g/mol. The number of carboxylic acid groups (broad SMARTS) is 2. The summed E-state index contributed by atoms with van der Waals surface area (Å²) in [7, 11) is 0. The fourth-order valence-electron chi connectivity index (χ4n) is 3.27. The summed E-state index contributed by atoms with van der Waals surface area (Å²) in [5.74, 6) is -1.04. The van der Waals surface area contributed by atoms with E-state index in [1.807, 2.05) is 10.6 Å². The molecule has 0 aromatic carbocycles. The lowest BCUT2D eigenvalue weighted by molar-refractivity contribution is -0.122. The number of nitrogens with one attached hydrogen (secondary N) is 4. The van der Waals surface area contributed by atoms with Gasteiger partial charge in [-0.1, -0.05) is 64.2 Å². The van der Waals surface area contributed by atoms with Gasteiger partial charge in [0.2, 0.25) is 11.8 Å². The van der Waals surface area contributed by atoms with Crippen LogP contribution in [-0.4, -0.2) is 59.4 Å². The van der Waals surface area contributed by atoms with Crippen LogP contribution in [0.3, 0.4) is 0 Å². The van der Waals surface area contributed by atoms with Gasteiger partial charge in [-0.3, -0.25) is 20.2 Å². The first-order chi connectivity index (χ1) is 15.2. The number of unbranched alkanes of at least 4 members (excludes halogenated alkanes) is 11. The molecule has 0 saturated heterocycles. The van der Waals surface area contributed by atoms with Crippen molar-refractivity contribution in [2.75, 3.05) is 13.1 Å². The minimum absolute atomic E-state index is 0.503. The highest BCUT2D eigenvalue weighted by Crippen LogP contribution is 2.11. The highest BCUT2D eigenvalue weighted by molar-refractivity contribution is 5.94. The van der Waals surface area contributed by atoms with E-state index in [4.69, 9.17) is 10.2 Å². The molecule has 0 aromatic rings. The summed E-state index contributed by atoms with van der Waals surface area (Å²) < 4.78 is 0. The van der Waals surface area contributed by atoms with Gasteiger partial charge < -0.3 is 20.8 Å². The maximum absolute atomic E-state index is 11.4. The summed E-state index contributed by atoms with van der Waals surface area (Å²) in [6, 6.07) is -1.01. The molecule has 0 rings (SSSR count). The van der Waals surface area contributed by atoms with E-state index in [0.717, 1.165) is 25.7 Å². The van der Waals surface area contributed by atoms with Crippen LogP contribution in [0, 0.1) is 0 Å². The van der Waals surface area contributed by atoms with E-state index in [9.17, 15) is 19.2 Å². The third kappa shape index (κ3) is 18.6. The van der Waals surface area contributed by atoms with Gasteiger partial charge in [-0.2, -0.15) is 0 Å². The second-order valence-corrected chi connectivity index (χ2v) is 8.18. The SMILES string of the molecule is CC(NCCCCCCCCCCCCCCNC(C)C(=O)NC(=O)O)C(=O)NC(=O)O. The van der Waals surface area contributed by atoms with Crippen molar-refractivity contribution >= 4 is 24.0 Å². The van der Waals surface area contributed by atoms with Crippen LogP contribution in [0.2, 0.25) is 0 Å². The molecule has 6 N–H and O–H groups in total. The Labute approximate surface area is 191 Å². The van der Waals surface area contributed by atoms with Crippen LogP contribution in [0.25, 0.3) is 0 Å². The molecule has 0 aliphatic carbocycles. The number of hydrogen-bond donors (Lipinski definition) is 6. The van der Waals surface area contributed by atoms with E-state index < -0.39 is 36.1 Å². The predicted molar refractivity (Wildman–Crippen MR) is 123 cm³/mol. The number of imide groups is 2. The molecule has 10 nitrogen and oxygen atoms in total. The maximum atomic E-state index is 11.4. The Kier molecular flexibility index (Phi) is 18.1. The van der Waals surface area contributed by atoms with E-state index >= 15 is 0 Å². The molecule has 0 fully saturated rings. The number of rotatable bonds is 19. The topological polar surface area (TPSA) is 157 Å². The van der Waals surface area contributed by atoms with Crippen molar-refractivity contribution in [3.63, 3.8) is 0 Å². The predicted octanol–water partition coefficient (Wildman–Crippen LogP) is 3.21. The lowest BCUT2D eigenvalue weighted by Crippen LogP contribution is -2.44. The molecule has 32 heavy (non-hydrogen) atoms. The van der Waals surface area contributed by atoms with Gasteiger partial charge in [-0.25, -0.2) is 9.59 Å². The fourth-order valence-corrected chi connectivity index (χ4v) is 3.27. The van der Waals surface area contributed by atoms with E-state index in [-0.39, 0.29) is 0 Å². The van der Waals surface area contributed by atoms with Crippen molar-refractivity contribution < 1.29 is 29.4 Å². The highest BCUT2D eigenvalue weighted by atomic mass is 16.4. The van der Waals surface area contributed by atoms with Crippen molar-refractivity contribution in [2.24, 2.45) is 0 Å². The molecule has 186 valence electrons. The number of amides is 4. The molecule has 4 amide bonds. The van der Waals surface area contributed by atoms with Crippen LogP contribution < -0.4 is 21.3 Å². The van der Waals surface area contributed by atoms with Crippen LogP contribution in [0.5, 0.6) is 0 Å². The summed E-state index contributed by atoms with van der Waals surface area (Å²) in [5, 5.41) is 26.7. The Bertz CT molecular complexity index is 511. The zero-order chi connectivity index (χ0) is 24.2. The van der Waals surface area contributed by atoms with Crippen molar-refractivity contribution in [1.82, 2.24) is 21.3 Å². The molecule has 0 aliphatic rings. The quantitative estimate of drug-likeness (QED) is 0.161. The first-order valence-corrected chi connectivity index (χ1v) is 11.8. The lowest BCUT2D eigenvalue weighted by Gasteiger charge is -2.12. The second-order valence-electron chi connectivity index (χ2n) is 8.18. The summed E-state index contributed by atoms with van der Waals surface area (Å²) >= 11 is 0. The Hall–Kier alpha value is -2.20. The minimum atomic E-state index is -1.32. The molecule has 10 heteroatoms. The summed E-state index contributed by atoms with van der Waals surface area (Å²) in [4.78, 5) is 43.7. The van der Waals surface area contributed by atoms with E-state index in [2.05, 4.69) is 10.6 Å². The van der Waals surface area contributed by atoms with Crippen molar-refractivity contribution in [1.29, 1.82) is 0 Å². The average molecular weight is 459 g/mol. The van der Waals surface area contributed by atoms with Gasteiger partial charge in [-0.05, 0) is 39.8 Å². The normalized spacial score (nSPS) is 12.7. The second kappa shape index (κ2) is 19.5. The van der Waals surface area contributed by atoms with Crippen molar-refractivity contribution in [3.8, 4) is 0 Å². The zero-order valence-corrected chi connectivity index (χ0v) is 19.6. The van der Waals surface area contributed by atoms with Crippen LogP contribution in [0.1, 0.15) is 90.9 Å². The molecule has 0 radical (unpaired) electrons. The van der Waals surface area contributed by atoms with Gasteiger partial charge in [0.15, 0.2) is 0 Å². The molecule has 0 spiro atoms. The van der Waals surface area contributed by atoms with Gasteiger partial charge >= 0.3 is 12.2 Å². The minimum Gasteiger partial charge on any atom is -0.465 e. The zero-order valence-electron chi connectivity index (χ0n) is 19.6. The van der Waals surface area contributed by atoms with Crippen LogP contribution >= 0.6 is 0 Å². The molecular weight excluding hydrogens is 416 g/mol. The first kappa shape index (κ1) is 29.8. The standard InChI is InChI=1S/C22H42N4O6/c1-17(19(27)25-21(29)30)23-15-13-11-9-7-5-3-4-6-8-10-12-14-16-24-18(2)20(28)26-22(31)32/h17-18,23-24H,3-16H2,1-2H3,(H,25,27)(H,26,28)(H,29,30)(H,31,32). The van der Waals surface area contributed by atoms with Gasteiger partial charge in [0.1, 0.15) is 0 Å². The number of carbonyl (C=O) groups is 4. The third-order valence-corrected chi connectivity index (χ3v) is 5.25. The van der Waals surface area contributed by atoms with Crippen LogP contribution in [0.4, 0.5) is 9.59 Å². The van der Waals surface area contributed by atoms with Gasteiger partial charge in [0.25, 0.3) is 0 Å². The smallest absolute Gasteiger partial charge is 0.411 e. The molecule has 0 bridgehead atoms. The highest BCUT2D eigenvalue weighted by Gasteiger charge is 2.14. The van der Waals surface area contributed by atoms with Crippen molar-refractivity contribution in [3.05, 3.63) is 0 Å². The molecule has 2 unspecified atom stereocenters. The molecule has 0 aliphatic heterocycles. The van der Waals surface area contributed by atoms with E-state index in [1.165, 1.54) is 51.4 Å². The largest absolute Gasteiger partial charge is 0.465 e. The first-order valence-electron chi connectivity index (χ1n) is 11.8. The number of carbonyl (C=O) groups excluding carboxylic acids is 2. The van der Waals surface area contributed by atoms with Gasteiger partial charge in [0.05, 0.1) is 12.1 Å². The van der Waals surface area contributed by atoms with Gasteiger partial charge in [-0.15, -0.1) is 0 Å². The summed E-state index contributed by atoms with van der Waals surface area (Å²) in [6.45, 7) is 4.72. The molecular formula is C22H42N4O6. The number of hydrogen-bond acceptors (Lipinski definition) is 6. The lowest BCUT2D eigenvalue weighted by atomic mass is 10.0. The third-order valence-electron chi connectivity index (χ3n) is 5.25. The molecule has 0 aromatic heterocycles. The fraction of sp³-hybridized carbons (Fsp3) is 0.818. The van der Waals surface area contributed by atoms with E-state index in [1.54, 1.807) is 13.8 Å². The van der Waals surface area contributed by atoms with Crippen LogP contribution in [-0.2, 0) is 9.59 Å². The Balaban J connectivity index is 3.33. The molecule has 0 saturated carbocycles. The van der Waals surface area contributed by atoms with Crippen molar-refractivity contribution in [2.45, 2.75) is 103 Å². The summed E-state index contributed by atoms with van der Waals surface area (Å²) in [6.07, 6.45) is 11.3. The maximum Gasteiger partial charge on any atom is 0.411 e. The molecule has 0 heterocycles. The van der Waals surface area contributed by atoms with Crippen LogP contribution in [0.15, 0.2) is 0 Å².